The first kappa shape index (κ1) is 15.4. The highest BCUT2D eigenvalue weighted by Crippen LogP contribution is 2.12. The normalized spacial score (nSPS) is 16.2. The summed E-state index contributed by atoms with van der Waals surface area (Å²) in [7, 11) is 0. The van der Waals surface area contributed by atoms with Gasteiger partial charge in [-0.2, -0.15) is 0 Å². The van der Waals surface area contributed by atoms with Gasteiger partial charge in [0, 0.05) is 19.6 Å². The van der Waals surface area contributed by atoms with E-state index in [1.54, 1.807) is 4.90 Å². The number of urea groups is 1. The minimum Gasteiger partial charge on any atom is -0.350 e. The van der Waals surface area contributed by atoms with Crippen molar-refractivity contribution in [2.75, 3.05) is 13.1 Å². The van der Waals surface area contributed by atoms with Crippen molar-refractivity contribution < 1.29 is 9.59 Å². The Morgan fingerprint density at radius 2 is 2.14 bits per heavy atom. The van der Waals surface area contributed by atoms with E-state index in [4.69, 9.17) is 0 Å². The van der Waals surface area contributed by atoms with E-state index in [0.717, 1.165) is 18.4 Å². The van der Waals surface area contributed by atoms with Gasteiger partial charge in [-0.25, -0.2) is 4.79 Å². The number of nitrogens with zero attached hydrogens (tertiary/aromatic N) is 1. The molecule has 0 saturated carbocycles. The van der Waals surface area contributed by atoms with Gasteiger partial charge in [-0.15, -0.1) is 0 Å². The highest BCUT2D eigenvalue weighted by atomic mass is 16.2. The summed E-state index contributed by atoms with van der Waals surface area (Å²) in [4.78, 5) is 26.0. The summed E-state index contributed by atoms with van der Waals surface area (Å²) in [6, 6.07) is 9.29. The summed E-state index contributed by atoms with van der Waals surface area (Å²) >= 11 is 0. The van der Waals surface area contributed by atoms with Gasteiger partial charge in [0.1, 0.15) is 6.04 Å². The zero-order chi connectivity index (χ0) is 15.1. The molecule has 0 aliphatic carbocycles. The molecule has 2 rings (SSSR count). The van der Waals surface area contributed by atoms with E-state index in [-0.39, 0.29) is 18.0 Å². The highest BCUT2D eigenvalue weighted by molar-refractivity contribution is 5.87. The largest absolute Gasteiger partial charge is 0.350 e. The van der Waals surface area contributed by atoms with Crippen molar-refractivity contribution in [1.82, 2.24) is 15.5 Å². The van der Waals surface area contributed by atoms with E-state index in [9.17, 15) is 9.59 Å². The van der Waals surface area contributed by atoms with Crippen LogP contribution in [0.4, 0.5) is 4.79 Å². The highest BCUT2D eigenvalue weighted by Gasteiger charge is 2.30. The van der Waals surface area contributed by atoms with Crippen LogP contribution < -0.4 is 10.6 Å². The maximum atomic E-state index is 12.4. The van der Waals surface area contributed by atoms with Crippen LogP contribution in [0, 0.1) is 0 Å². The third-order valence-corrected chi connectivity index (χ3v) is 3.66. The maximum Gasteiger partial charge on any atom is 0.318 e. The summed E-state index contributed by atoms with van der Waals surface area (Å²) in [5.41, 5.74) is 1.06. The molecule has 1 aliphatic rings. The first-order valence-corrected chi connectivity index (χ1v) is 7.58. The van der Waals surface area contributed by atoms with Crippen LogP contribution in [-0.4, -0.2) is 36.0 Å². The molecule has 21 heavy (non-hydrogen) atoms. The monoisotopic (exact) mass is 289 g/mol. The lowest BCUT2D eigenvalue weighted by Gasteiger charge is -2.34. The fourth-order valence-electron chi connectivity index (χ4n) is 2.55. The first-order valence-electron chi connectivity index (χ1n) is 7.58. The van der Waals surface area contributed by atoms with Gasteiger partial charge in [-0.05, 0) is 18.4 Å². The number of carbonyl (C=O) groups is 2. The van der Waals surface area contributed by atoms with Crippen LogP contribution in [0.25, 0.3) is 0 Å². The Balaban J connectivity index is 1.96. The second-order valence-corrected chi connectivity index (χ2v) is 5.29. The van der Waals surface area contributed by atoms with E-state index in [2.05, 4.69) is 10.6 Å². The van der Waals surface area contributed by atoms with E-state index >= 15 is 0 Å². The molecule has 114 valence electrons. The van der Waals surface area contributed by atoms with Crippen molar-refractivity contribution >= 4 is 11.9 Å². The average molecular weight is 289 g/mol. The zero-order valence-corrected chi connectivity index (χ0v) is 12.5. The molecule has 0 bridgehead atoms. The SMILES string of the molecule is CCCC(C(=O)NCc1ccccc1)N1CCCNC1=O. The van der Waals surface area contributed by atoms with Crippen LogP contribution in [0.15, 0.2) is 30.3 Å². The molecule has 1 saturated heterocycles. The van der Waals surface area contributed by atoms with Crippen LogP contribution in [0.2, 0.25) is 0 Å². The molecule has 2 N–H and O–H groups in total. The van der Waals surface area contributed by atoms with Crippen molar-refractivity contribution in [1.29, 1.82) is 0 Å². The van der Waals surface area contributed by atoms with Crippen molar-refractivity contribution in [3.05, 3.63) is 35.9 Å². The minimum absolute atomic E-state index is 0.0715. The average Bonchev–Trinajstić information content (AvgIpc) is 2.52. The molecule has 1 heterocycles. The van der Waals surface area contributed by atoms with Crippen molar-refractivity contribution in [3.8, 4) is 0 Å². The number of amides is 3. The number of nitrogens with one attached hydrogen (secondary N) is 2. The van der Waals surface area contributed by atoms with Crippen LogP contribution >= 0.6 is 0 Å². The Kier molecular flexibility index (Phi) is 5.60. The quantitative estimate of drug-likeness (QED) is 0.840. The third kappa shape index (κ3) is 4.21. The van der Waals surface area contributed by atoms with Crippen LogP contribution in [0.1, 0.15) is 31.7 Å². The third-order valence-electron chi connectivity index (χ3n) is 3.66. The Labute approximate surface area is 125 Å². The number of hydrogen-bond acceptors (Lipinski definition) is 2. The zero-order valence-electron chi connectivity index (χ0n) is 12.5. The predicted octanol–water partition coefficient (Wildman–Crippen LogP) is 1.89. The van der Waals surface area contributed by atoms with Gasteiger partial charge in [0.2, 0.25) is 5.91 Å². The van der Waals surface area contributed by atoms with E-state index in [0.29, 0.717) is 26.1 Å². The van der Waals surface area contributed by atoms with Crippen LogP contribution in [0.3, 0.4) is 0 Å². The van der Waals surface area contributed by atoms with Crippen molar-refractivity contribution in [3.63, 3.8) is 0 Å². The van der Waals surface area contributed by atoms with Gasteiger partial charge in [0.15, 0.2) is 0 Å². The molecule has 1 fully saturated rings. The Bertz CT molecular complexity index is 476. The van der Waals surface area contributed by atoms with Gasteiger partial charge in [-0.3, -0.25) is 4.79 Å². The molecule has 0 spiro atoms. The lowest BCUT2D eigenvalue weighted by molar-refractivity contribution is -0.126. The second-order valence-electron chi connectivity index (χ2n) is 5.29. The smallest absolute Gasteiger partial charge is 0.318 e. The number of hydrogen-bond donors (Lipinski definition) is 2. The molecular weight excluding hydrogens is 266 g/mol. The fourth-order valence-corrected chi connectivity index (χ4v) is 2.55. The van der Waals surface area contributed by atoms with Gasteiger partial charge in [-0.1, -0.05) is 43.7 Å². The summed E-state index contributed by atoms with van der Waals surface area (Å²) in [5.74, 6) is -0.0715. The standard InChI is InChI=1S/C16H23N3O2/c1-2-7-14(19-11-6-10-17-16(19)21)15(20)18-12-13-8-4-3-5-9-13/h3-5,8-9,14H,2,6-7,10-12H2,1H3,(H,17,21)(H,18,20). The topological polar surface area (TPSA) is 61.4 Å². The van der Waals surface area contributed by atoms with Crippen molar-refractivity contribution in [2.45, 2.75) is 38.8 Å². The number of carbonyl (C=O) groups excluding carboxylic acids is 2. The lowest BCUT2D eigenvalue weighted by Crippen LogP contribution is -2.56. The summed E-state index contributed by atoms with van der Waals surface area (Å²) in [5, 5.41) is 5.75. The van der Waals surface area contributed by atoms with Gasteiger partial charge < -0.3 is 15.5 Å². The molecule has 1 aromatic rings. The van der Waals surface area contributed by atoms with E-state index in [1.165, 1.54) is 0 Å². The molecule has 1 aromatic carbocycles. The van der Waals surface area contributed by atoms with Gasteiger partial charge in [0.25, 0.3) is 0 Å². The first-order chi connectivity index (χ1) is 10.2. The number of benzene rings is 1. The molecule has 1 unspecified atom stereocenters. The van der Waals surface area contributed by atoms with Gasteiger partial charge >= 0.3 is 6.03 Å². The maximum absolute atomic E-state index is 12.4. The number of rotatable bonds is 6. The molecule has 5 nitrogen and oxygen atoms in total. The van der Waals surface area contributed by atoms with Crippen LogP contribution in [-0.2, 0) is 11.3 Å². The molecule has 1 atom stereocenters. The molecule has 3 amide bonds. The minimum atomic E-state index is -0.376. The molecule has 1 aliphatic heterocycles. The Morgan fingerprint density at radius 3 is 2.81 bits per heavy atom. The summed E-state index contributed by atoms with van der Waals surface area (Å²) in [6.07, 6.45) is 2.44. The Hall–Kier alpha value is -2.04. The van der Waals surface area contributed by atoms with Crippen molar-refractivity contribution in [2.24, 2.45) is 0 Å². The summed E-state index contributed by atoms with van der Waals surface area (Å²) in [6.45, 7) is 3.86. The second kappa shape index (κ2) is 7.67. The molecule has 0 radical (unpaired) electrons. The van der Waals surface area contributed by atoms with E-state index < -0.39 is 0 Å². The Morgan fingerprint density at radius 1 is 1.38 bits per heavy atom. The van der Waals surface area contributed by atoms with E-state index in [1.807, 2.05) is 37.3 Å². The van der Waals surface area contributed by atoms with Crippen LogP contribution in [0.5, 0.6) is 0 Å². The molecule has 0 aromatic heterocycles. The molecule has 5 heteroatoms. The van der Waals surface area contributed by atoms with Gasteiger partial charge in [0.05, 0.1) is 0 Å². The predicted molar refractivity (Wildman–Crippen MR) is 81.7 cm³/mol. The lowest BCUT2D eigenvalue weighted by atomic mass is 10.1. The summed E-state index contributed by atoms with van der Waals surface area (Å²) < 4.78 is 0. The fraction of sp³-hybridized carbons (Fsp3) is 0.500. The molecular formula is C16H23N3O2.